The maximum atomic E-state index is 12.4. The Morgan fingerprint density at radius 3 is 2.28 bits per heavy atom. The second-order valence-electron chi connectivity index (χ2n) is 3.94. The van der Waals surface area contributed by atoms with E-state index >= 15 is 0 Å². The zero-order valence-electron chi connectivity index (χ0n) is 9.53. The molecule has 0 saturated heterocycles. The number of alkyl halides is 3. The SMILES string of the molecule is CC(N)c1csc(-c2ccc(C(F)(F)F)cc2)n1. The second kappa shape index (κ2) is 4.70. The molecule has 1 aromatic carbocycles. The molecule has 18 heavy (non-hydrogen) atoms. The van der Waals surface area contributed by atoms with Crippen LogP contribution in [0.1, 0.15) is 24.2 Å². The Morgan fingerprint density at radius 2 is 1.83 bits per heavy atom. The monoisotopic (exact) mass is 272 g/mol. The molecule has 1 atom stereocenters. The highest BCUT2D eigenvalue weighted by atomic mass is 32.1. The van der Waals surface area contributed by atoms with Crippen LogP contribution in [0.25, 0.3) is 10.6 Å². The highest BCUT2D eigenvalue weighted by molar-refractivity contribution is 7.13. The molecule has 96 valence electrons. The molecule has 0 aliphatic carbocycles. The van der Waals surface area contributed by atoms with Crippen molar-refractivity contribution in [3.05, 3.63) is 40.9 Å². The molecular weight excluding hydrogens is 261 g/mol. The van der Waals surface area contributed by atoms with Gasteiger partial charge in [0.25, 0.3) is 0 Å². The molecule has 0 bridgehead atoms. The number of nitrogens with two attached hydrogens (primary N) is 1. The normalized spacial score (nSPS) is 13.6. The van der Waals surface area contributed by atoms with Crippen molar-refractivity contribution in [3.63, 3.8) is 0 Å². The van der Waals surface area contributed by atoms with E-state index in [1.54, 1.807) is 0 Å². The molecule has 0 radical (unpaired) electrons. The van der Waals surface area contributed by atoms with E-state index < -0.39 is 11.7 Å². The van der Waals surface area contributed by atoms with Crippen LogP contribution in [0.4, 0.5) is 13.2 Å². The van der Waals surface area contributed by atoms with E-state index in [9.17, 15) is 13.2 Å². The Labute approximate surface area is 106 Å². The highest BCUT2D eigenvalue weighted by Crippen LogP contribution is 2.32. The van der Waals surface area contributed by atoms with E-state index in [4.69, 9.17) is 5.73 Å². The van der Waals surface area contributed by atoms with Crippen molar-refractivity contribution in [2.45, 2.75) is 19.1 Å². The highest BCUT2D eigenvalue weighted by Gasteiger charge is 2.30. The van der Waals surface area contributed by atoms with Crippen LogP contribution in [0.3, 0.4) is 0 Å². The summed E-state index contributed by atoms with van der Waals surface area (Å²) in [5.74, 6) is 0. The predicted octanol–water partition coefficient (Wildman–Crippen LogP) is 3.85. The molecule has 0 amide bonds. The van der Waals surface area contributed by atoms with Crippen molar-refractivity contribution in [2.24, 2.45) is 5.73 Å². The third-order valence-electron chi connectivity index (χ3n) is 2.45. The van der Waals surface area contributed by atoms with Gasteiger partial charge >= 0.3 is 6.18 Å². The van der Waals surface area contributed by atoms with Crippen LogP contribution in [-0.4, -0.2) is 4.98 Å². The molecule has 1 unspecified atom stereocenters. The lowest BCUT2D eigenvalue weighted by Crippen LogP contribution is -2.05. The topological polar surface area (TPSA) is 38.9 Å². The van der Waals surface area contributed by atoms with E-state index in [-0.39, 0.29) is 6.04 Å². The van der Waals surface area contributed by atoms with E-state index in [2.05, 4.69) is 4.98 Å². The first-order valence-corrected chi connectivity index (χ1v) is 6.14. The lowest BCUT2D eigenvalue weighted by atomic mass is 10.1. The molecule has 1 aromatic heterocycles. The van der Waals surface area contributed by atoms with Crippen LogP contribution in [0.2, 0.25) is 0 Å². The molecular formula is C12H11F3N2S. The van der Waals surface area contributed by atoms with E-state index in [0.717, 1.165) is 17.8 Å². The van der Waals surface area contributed by atoms with Crippen molar-refractivity contribution in [3.8, 4) is 10.6 Å². The van der Waals surface area contributed by atoms with E-state index in [1.165, 1.54) is 23.5 Å². The van der Waals surface area contributed by atoms with Crippen molar-refractivity contribution in [1.82, 2.24) is 4.98 Å². The maximum Gasteiger partial charge on any atom is 0.416 e. The van der Waals surface area contributed by atoms with Crippen LogP contribution < -0.4 is 5.73 Å². The van der Waals surface area contributed by atoms with Gasteiger partial charge in [-0.1, -0.05) is 12.1 Å². The lowest BCUT2D eigenvalue weighted by molar-refractivity contribution is -0.137. The first kappa shape index (κ1) is 13.0. The Morgan fingerprint density at radius 1 is 1.22 bits per heavy atom. The minimum absolute atomic E-state index is 0.176. The Bertz CT molecular complexity index is 529. The van der Waals surface area contributed by atoms with Gasteiger partial charge in [-0.05, 0) is 19.1 Å². The van der Waals surface area contributed by atoms with Gasteiger partial charge in [-0.25, -0.2) is 4.98 Å². The number of rotatable bonds is 2. The van der Waals surface area contributed by atoms with Crippen LogP contribution in [-0.2, 0) is 6.18 Å². The molecule has 0 aliphatic rings. The van der Waals surface area contributed by atoms with Gasteiger partial charge in [-0.3, -0.25) is 0 Å². The van der Waals surface area contributed by atoms with Crippen LogP contribution in [0.15, 0.2) is 29.6 Å². The summed E-state index contributed by atoms with van der Waals surface area (Å²) in [4.78, 5) is 4.28. The third-order valence-corrected chi connectivity index (χ3v) is 3.36. The average molecular weight is 272 g/mol. The summed E-state index contributed by atoms with van der Waals surface area (Å²) < 4.78 is 37.2. The third kappa shape index (κ3) is 2.70. The quantitative estimate of drug-likeness (QED) is 0.901. The molecule has 0 aliphatic heterocycles. The fourth-order valence-electron chi connectivity index (χ4n) is 1.43. The molecule has 2 aromatic rings. The van der Waals surface area contributed by atoms with Crippen molar-refractivity contribution < 1.29 is 13.2 Å². The summed E-state index contributed by atoms with van der Waals surface area (Å²) in [5.41, 5.74) is 6.44. The molecule has 2 N–H and O–H groups in total. The predicted molar refractivity (Wildman–Crippen MR) is 65.2 cm³/mol. The average Bonchev–Trinajstić information content (AvgIpc) is 2.77. The molecule has 2 rings (SSSR count). The van der Waals surface area contributed by atoms with E-state index in [0.29, 0.717) is 10.6 Å². The maximum absolute atomic E-state index is 12.4. The molecule has 6 heteroatoms. The summed E-state index contributed by atoms with van der Waals surface area (Å²) in [5, 5.41) is 2.49. The van der Waals surface area contributed by atoms with Gasteiger partial charge < -0.3 is 5.73 Å². The Hall–Kier alpha value is -1.40. The van der Waals surface area contributed by atoms with Crippen LogP contribution >= 0.6 is 11.3 Å². The molecule has 1 heterocycles. The number of nitrogens with zero attached hydrogens (tertiary/aromatic N) is 1. The molecule has 0 saturated carbocycles. The molecule has 0 fully saturated rings. The summed E-state index contributed by atoms with van der Waals surface area (Å²) in [6, 6.07) is 4.79. The summed E-state index contributed by atoms with van der Waals surface area (Å²) in [7, 11) is 0. The zero-order valence-corrected chi connectivity index (χ0v) is 10.3. The Balaban J connectivity index is 2.29. The van der Waals surface area contributed by atoms with Crippen molar-refractivity contribution in [2.75, 3.05) is 0 Å². The number of thiazole rings is 1. The smallest absolute Gasteiger partial charge is 0.323 e. The van der Waals surface area contributed by atoms with Crippen LogP contribution in [0, 0.1) is 0 Å². The Kier molecular flexibility index (Phi) is 3.41. The molecule has 2 nitrogen and oxygen atoms in total. The molecule has 0 spiro atoms. The first-order valence-electron chi connectivity index (χ1n) is 5.26. The van der Waals surface area contributed by atoms with E-state index in [1.807, 2.05) is 12.3 Å². The van der Waals surface area contributed by atoms with Gasteiger partial charge in [0.1, 0.15) is 5.01 Å². The summed E-state index contributed by atoms with van der Waals surface area (Å²) in [6.45, 7) is 1.81. The number of halogens is 3. The zero-order chi connectivity index (χ0) is 13.3. The second-order valence-corrected chi connectivity index (χ2v) is 4.80. The largest absolute Gasteiger partial charge is 0.416 e. The number of hydrogen-bond donors (Lipinski definition) is 1. The van der Waals surface area contributed by atoms with Gasteiger partial charge in [0, 0.05) is 17.0 Å². The minimum atomic E-state index is -4.31. The van der Waals surface area contributed by atoms with Crippen molar-refractivity contribution >= 4 is 11.3 Å². The number of hydrogen-bond acceptors (Lipinski definition) is 3. The summed E-state index contributed by atoms with van der Waals surface area (Å²) >= 11 is 1.37. The van der Waals surface area contributed by atoms with Gasteiger partial charge in [-0.15, -0.1) is 11.3 Å². The standard InChI is InChI=1S/C12H11F3N2S/c1-7(16)10-6-18-11(17-10)8-2-4-9(5-3-8)12(13,14)15/h2-7H,16H2,1H3. The number of benzene rings is 1. The van der Waals surface area contributed by atoms with Gasteiger partial charge in [0.05, 0.1) is 11.3 Å². The minimum Gasteiger partial charge on any atom is -0.323 e. The number of aromatic nitrogens is 1. The van der Waals surface area contributed by atoms with Gasteiger partial charge in [0.2, 0.25) is 0 Å². The van der Waals surface area contributed by atoms with Gasteiger partial charge in [0.15, 0.2) is 0 Å². The van der Waals surface area contributed by atoms with Crippen molar-refractivity contribution in [1.29, 1.82) is 0 Å². The lowest BCUT2D eigenvalue weighted by Gasteiger charge is -2.06. The fraction of sp³-hybridized carbons (Fsp3) is 0.250. The summed E-state index contributed by atoms with van der Waals surface area (Å²) in [6.07, 6.45) is -4.31. The van der Waals surface area contributed by atoms with Crippen LogP contribution in [0.5, 0.6) is 0 Å². The van der Waals surface area contributed by atoms with Gasteiger partial charge in [-0.2, -0.15) is 13.2 Å². The fourth-order valence-corrected chi connectivity index (χ4v) is 2.36. The first-order chi connectivity index (χ1) is 8.38.